The summed E-state index contributed by atoms with van der Waals surface area (Å²) in [6.45, 7) is -0.851. The van der Waals surface area contributed by atoms with Gasteiger partial charge in [0.2, 0.25) is 0 Å². The zero-order chi connectivity index (χ0) is 21.3. The Morgan fingerprint density at radius 3 is 2.40 bits per heavy atom. The van der Waals surface area contributed by atoms with E-state index < -0.39 is 18.7 Å². The number of hydrogen-bond acceptors (Lipinski definition) is 3. The highest BCUT2D eigenvalue weighted by Gasteiger charge is 2.13. The molecule has 0 aromatic heterocycles. The third kappa shape index (κ3) is 6.20. The molecule has 0 aliphatic rings. The van der Waals surface area contributed by atoms with Crippen molar-refractivity contribution in [2.24, 2.45) is 0 Å². The Balaban J connectivity index is 1.61. The van der Waals surface area contributed by atoms with Crippen LogP contribution in [-0.2, 0) is 6.61 Å². The minimum Gasteiger partial charge on any atom is -0.489 e. The van der Waals surface area contributed by atoms with Crippen LogP contribution in [0.4, 0.5) is 19.3 Å². The van der Waals surface area contributed by atoms with Gasteiger partial charge >= 0.3 is 12.6 Å². The van der Waals surface area contributed by atoms with Crippen LogP contribution < -0.4 is 20.1 Å². The second kappa shape index (κ2) is 10.2. The summed E-state index contributed by atoms with van der Waals surface area (Å²) in [7, 11) is 0. The van der Waals surface area contributed by atoms with Gasteiger partial charge in [0.05, 0.1) is 6.04 Å². The third-order valence-electron chi connectivity index (χ3n) is 4.33. The number of carbonyl (C=O) groups is 1. The molecule has 0 saturated carbocycles. The van der Waals surface area contributed by atoms with E-state index >= 15 is 0 Å². The summed E-state index contributed by atoms with van der Waals surface area (Å²) in [6, 6.07) is 22.1. The molecule has 0 radical (unpaired) electrons. The highest BCUT2D eigenvalue weighted by atomic mass is 19.3. The van der Waals surface area contributed by atoms with Crippen LogP contribution in [0.25, 0.3) is 0 Å². The van der Waals surface area contributed by atoms with E-state index in [-0.39, 0.29) is 5.75 Å². The van der Waals surface area contributed by atoms with Gasteiger partial charge in [0.25, 0.3) is 0 Å². The van der Waals surface area contributed by atoms with Gasteiger partial charge in [-0.05, 0) is 42.8 Å². The number of amides is 2. The highest BCUT2D eigenvalue weighted by molar-refractivity contribution is 5.90. The summed E-state index contributed by atoms with van der Waals surface area (Å²) in [5.41, 5.74) is 2.08. The van der Waals surface area contributed by atoms with Crippen LogP contribution in [0.2, 0.25) is 0 Å². The molecule has 30 heavy (non-hydrogen) atoms. The van der Waals surface area contributed by atoms with Crippen LogP contribution in [-0.4, -0.2) is 12.6 Å². The molecule has 0 heterocycles. The smallest absolute Gasteiger partial charge is 0.387 e. The Morgan fingerprint density at radius 2 is 1.63 bits per heavy atom. The molecule has 2 N–H and O–H groups in total. The quantitative estimate of drug-likeness (QED) is 0.495. The number of para-hydroxylation sites is 2. The Morgan fingerprint density at radius 1 is 0.933 bits per heavy atom. The van der Waals surface area contributed by atoms with E-state index in [1.807, 2.05) is 48.5 Å². The van der Waals surface area contributed by atoms with Gasteiger partial charge in [-0.1, -0.05) is 48.5 Å². The summed E-state index contributed by atoms with van der Waals surface area (Å²) in [4.78, 5) is 12.5. The third-order valence-corrected chi connectivity index (χ3v) is 4.33. The Bertz CT molecular complexity index is 967. The zero-order valence-corrected chi connectivity index (χ0v) is 16.3. The standard InChI is InChI=1S/C23H22F2N2O3/c1-16(17-9-7-12-20(14-17)30-22(24)25)26-23(28)27-21-13-6-5-8-18(21)15-29-19-10-3-2-4-11-19/h2-14,16,22H,15H2,1H3,(H2,26,27,28). The predicted molar refractivity (Wildman–Crippen MR) is 111 cm³/mol. The van der Waals surface area contributed by atoms with Gasteiger partial charge in [0, 0.05) is 11.3 Å². The summed E-state index contributed by atoms with van der Waals surface area (Å²) < 4.78 is 35.0. The van der Waals surface area contributed by atoms with Crippen molar-refractivity contribution in [1.82, 2.24) is 5.32 Å². The van der Waals surface area contributed by atoms with E-state index in [0.717, 1.165) is 11.3 Å². The fraction of sp³-hybridized carbons (Fsp3) is 0.174. The minimum atomic E-state index is -2.90. The Kier molecular flexibility index (Phi) is 7.21. The highest BCUT2D eigenvalue weighted by Crippen LogP contribution is 2.22. The zero-order valence-electron chi connectivity index (χ0n) is 16.3. The molecule has 0 fully saturated rings. The van der Waals surface area contributed by atoms with Crippen LogP contribution >= 0.6 is 0 Å². The number of rotatable bonds is 8. The molecule has 1 unspecified atom stereocenters. The van der Waals surface area contributed by atoms with E-state index in [2.05, 4.69) is 15.4 Å². The van der Waals surface area contributed by atoms with E-state index in [0.29, 0.717) is 17.9 Å². The summed E-state index contributed by atoms with van der Waals surface area (Å²) >= 11 is 0. The summed E-state index contributed by atoms with van der Waals surface area (Å²) in [5.74, 6) is 0.774. The lowest BCUT2D eigenvalue weighted by molar-refractivity contribution is -0.0499. The molecule has 3 aromatic carbocycles. The number of anilines is 1. The summed E-state index contributed by atoms with van der Waals surface area (Å²) in [6.07, 6.45) is 0. The number of benzene rings is 3. The van der Waals surface area contributed by atoms with Gasteiger partial charge in [-0.2, -0.15) is 8.78 Å². The molecule has 0 bridgehead atoms. The number of halogens is 2. The topological polar surface area (TPSA) is 59.6 Å². The second-order valence-electron chi connectivity index (χ2n) is 6.53. The van der Waals surface area contributed by atoms with Gasteiger partial charge in [-0.15, -0.1) is 0 Å². The first kappa shape index (κ1) is 21.1. The van der Waals surface area contributed by atoms with Crippen molar-refractivity contribution in [1.29, 1.82) is 0 Å². The van der Waals surface area contributed by atoms with Gasteiger partial charge in [0.15, 0.2) is 0 Å². The molecule has 0 spiro atoms. The van der Waals surface area contributed by atoms with Gasteiger partial charge in [0.1, 0.15) is 18.1 Å². The molecule has 1 atom stereocenters. The molecular formula is C23H22F2N2O3. The predicted octanol–water partition coefficient (Wildman–Crippen LogP) is 5.75. The van der Waals surface area contributed by atoms with E-state index in [9.17, 15) is 13.6 Å². The summed E-state index contributed by atoms with van der Waals surface area (Å²) in [5, 5.41) is 5.61. The largest absolute Gasteiger partial charge is 0.489 e. The Labute approximate surface area is 173 Å². The molecule has 0 aliphatic carbocycles. The van der Waals surface area contributed by atoms with Crippen LogP contribution in [0.1, 0.15) is 24.1 Å². The lowest BCUT2D eigenvalue weighted by Crippen LogP contribution is -2.31. The normalized spacial score (nSPS) is 11.6. The number of alkyl halides is 2. The molecule has 0 aliphatic heterocycles. The van der Waals surface area contributed by atoms with Crippen molar-refractivity contribution in [2.75, 3.05) is 5.32 Å². The van der Waals surface area contributed by atoms with Crippen molar-refractivity contribution in [3.05, 3.63) is 90.0 Å². The molecule has 0 saturated heterocycles. The van der Waals surface area contributed by atoms with E-state index in [1.54, 1.807) is 25.1 Å². The number of ether oxygens (including phenoxy) is 2. The van der Waals surface area contributed by atoms with Crippen LogP contribution in [0.15, 0.2) is 78.9 Å². The maximum absolute atomic E-state index is 12.5. The first-order chi connectivity index (χ1) is 14.5. The first-order valence-corrected chi connectivity index (χ1v) is 9.39. The average molecular weight is 412 g/mol. The van der Waals surface area contributed by atoms with E-state index in [1.165, 1.54) is 12.1 Å². The van der Waals surface area contributed by atoms with Crippen molar-refractivity contribution < 1.29 is 23.0 Å². The molecule has 156 valence electrons. The maximum Gasteiger partial charge on any atom is 0.387 e. The molecule has 2 amide bonds. The fourth-order valence-corrected chi connectivity index (χ4v) is 2.84. The minimum absolute atomic E-state index is 0.0416. The van der Waals surface area contributed by atoms with Crippen molar-refractivity contribution in [2.45, 2.75) is 26.2 Å². The van der Waals surface area contributed by atoms with Crippen LogP contribution in [0, 0.1) is 0 Å². The number of urea groups is 1. The van der Waals surface area contributed by atoms with Gasteiger partial charge in [-0.25, -0.2) is 4.79 Å². The molecule has 3 aromatic rings. The van der Waals surface area contributed by atoms with Crippen LogP contribution in [0.5, 0.6) is 11.5 Å². The fourth-order valence-electron chi connectivity index (χ4n) is 2.84. The van der Waals surface area contributed by atoms with Crippen molar-refractivity contribution in [3.63, 3.8) is 0 Å². The van der Waals surface area contributed by atoms with Crippen LogP contribution in [0.3, 0.4) is 0 Å². The number of nitrogens with one attached hydrogen (secondary N) is 2. The number of hydrogen-bond donors (Lipinski definition) is 2. The molecule has 3 rings (SSSR count). The van der Waals surface area contributed by atoms with E-state index in [4.69, 9.17) is 4.74 Å². The van der Waals surface area contributed by atoms with Gasteiger partial charge in [-0.3, -0.25) is 0 Å². The number of carbonyl (C=O) groups excluding carboxylic acids is 1. The van der Waals surface area contributed by atoms with Crippen molar-refractivity contribution >= 4 is 11.7 Å². The molecule has 7 heteroatoms. The second-order valence-corrected chi connectivity index (χ2v) is 6.53. The SMILES string of the molecule is CC(NC(=O)Nc1ccccc1COc1ccccc1)c1cccc(OC(F)F)c1. The lowest BCUT2D eigenvalue weighted by atomic mass is 10.1. The lowest BCUT2D eigenvalue weighted by Gasteiger charge is -2.17. The van der Waals surface area contributed by atoms with Crippen molar-refractivity contribution in [3.8, 4) is 11.5 Å². The first-order valence-electron chi connectivity index (χ1n) is 9.39. The monoisotopic (exact) mass is 412 g/mol. The molecule has 5 nitrogen and oxygen atoms in total. The molecular weight excluding hydrogens is 390 g/mol. The maximum atomic E-state index is 12.5. The Hall–Kier alpha value is -3.61. The average Bonchev–Trinajstić information content (AvgIpc) is 2.73. The van der Waals surface area contributed by atoms with Gasteiger partial charge < -0.3 is 20.1 Å².